The second-order valence-electron chi connectivity index (χ2n) is 5.22. The van der Waals surface area contributed by atoms with Gasteiger partial charge in [0.25, 0.3) is 0 Å². The zero-order valence-electron chi connectivity index (χ0n) is 12.6. The van der Waals surface area contributed by atoms with Crippen LogP contribution in [0.4, 0.5) is 0 Å². The van der Waals surface area contributed by atoms with Crippen molar-refractivity contribution in [3.05, 3.63) is 57.8 Å². The number of ether oxygens (including phenoxy) is 1. The van der Waals surface area contributed by atoms with Gasteiger partial charge in [0, 0.05) is 18.0 Å². The minimum absolute atomic E-state index is 0.369. The first kappa shape index (κ1) is 14.8. The van der Waals surface area contributed by atoms with Gasteiger partial charge < -0.3 is 9.14 Å². The van der Waals surface area contributed by atoms with Crippen molar-refractivity contribution in [2.24, 2.45) is 0 Å². The van der Waals surface area contributed by atoms with E-state index in [9.17, 15) is 4.79 Å². The third-order valence-electron chi connectivity index (χ3n) is 3.58. The van der Waals surface area contributed by atoms with Gasteiger partial charge in [0.15, 0.2) is 5.65 Å². The smallest absolute Gasteiger partial charge is 0.339 e. The highest BCUT2D eigenvalue weighted by molar-refractivity contribution is 9.10. The largest absolute Gasteiger partial charge is 0.465 e. The standard InChI is InChI=1S/C17H15BrN2O2/c1-10-5-4-6-12(7-10)13-9-20-8-11(2)14(17(21)22-3)15(18)16(20)19-13/h4-9H,1-3H3. The maximum absolute atomic E-state index is 11.9. The number of imidazole rings is 1. The van der Waals surface area contributed by atoms with Gasteiger partial charge in [-0.25, -0.2) is 9.78 Å². The lowest BCUT2D eigenvalue weighted by Gasteiger charge is -2.07. The molecular weight excluding hydrogens is 344 g/mol. The van der Waals surface area contributed by atoms with Gasteiger partial charge in [0.2, 0.25) is 0 Å². The number of carbonyl (C=O) groups is 1. The summed E-state index contributed by atoms with van der Waals surface area (Å²) in [7, 11) is 1.38. The molecule has 0 bridgehead atoms. The summed E-state index contributed by atoms with van der Waals surface area (Å²) in [4.78, 5) is 16.6. The zero-order valence-corrected chi connectivity index (χ0v) is 14.1. The minimum Gasteiger partial charge on any atom is -0.465 e. The van der Waals surface area contributed by atoms with Crippen molar-refractivity contribution in [3.8, 4) is 11.3 Å². The van der Waals surface area contributed by atoms with Gasteiger partial charge in [-0.3, -0.25) is 0 Å². The van der Waals surface area contributed by atoms with Crippen LogP contribution in [0.5, 0.6) is 0 Å². The number of rotatable bonds is 2. The first-order valence-corrected chi connectivity index (χ1v) is 7.63. The van der Waals surface area contributed by atoms with E-state index in [4.69, 9.17) is 4.74 Å². The number of methoxy groups -OCH3 is 1. The third kappa shape index (κ3) is 2.41. The SMILES string of the molecule is COC(=O)c1c(C)cn2cc(-c3cccc(C)c3)nc2c1Br. The highest BCUT2D eigenvalue weighted by atomic mass is 79.9. The molecule has 0 unspecified atom stereocenters. The Morgan fingerprint density at radius 1 is 1.27 bits per heavy atom. The fourth-order valence-corrected chi connectivity index (χ4v) is 3.28. The first-order chi connectivity index (χ1) is 10.5. The number of pyridine rings is 1. The number of hydrogen-bond donors (Lipinski definition) is 0. The van der Waals surface area contributed by atoms with E-state index in [1.54, 1.807) is 0 Å². The number of benzene rings is 1. The van der Waals surface area contributed by atoms with Crippen LogP contribution in [0.15, 0.2) is 41.1 Å². The lowest BCUT2D eigenvalue weighted by molar-refractivity contribution is 0.0599. The summed E-state index contributed by atoms with van der Waals surface area (Å²) in [6.45, 7) is 3.93. The number of nitrogens with zero attached hydrogens (tertiary/aromatic N) is 2. The molecule has 0 spiro atoms. The normalized spacial score (nSPS) is 10.9. The van der Waals surface area contributed by atoms with Gasteiger partial charge in [-0.05, 0) is 41.4 Å². The number of fused-ring (bicyclic) bond motifs is 1. The van der Waals surface area contributed by atoms with Gasteiger partial charge in [-0.1, -0.05) is 23.8 Å². The van der Waals surface area contributed by atoms with E-state index in [1.807, 2.05) is 35.9 Å². The molecule has 0 saturated heterocycles. The fourth-order valence-electron chi connectivity index (χ4n) is 2.51. The molecule has 0 atom stereocenters. The van der Waals surface area contributed by atoms with E-state index in [0.717, 1.165) is 16.8 Å². The van der Waals surface area contributed by atoms with Crippen LogP contribution in [0, 0.1) is 13.8 Å². The maximum atomic E-state index is 11.9. The molecule has 5 heteroatoms. The van der Waals surface area contributed by atoms with E-state index >= 15 is 0 Å². The topological polar surface area (TPSA) is 43.6 Å². The summed E-state index contributed by atoms with van der Waals surface area (Å²) in [6.07, 6.45) is 3.85. The predicted octanol–water partition coefficient (Wildman–Crippen LogP) is 4.17. The fraction of sp³-hybridized carbons (Fsp3) is 0.176. The molecule has 3 rings (SSSR count). The van der Waals surface area contributed by atoms with Crippen molar-refractivity contribution < 1.29 is 9.53 Å². The summed E-state index contributed by atoms with van der Waals surface area (Å²) in [5.74, 6) is -0.369. The van der Waals surface area contributed by atoms with Crippen molar-refractivity contribution in [2.45, 2.75) is 13.8 Å². The van der Waals surface area contributed by atoms with E-state index < -0.39 is 0 Å². The molecule has 2 aromatic heterocycles. The quantitative estimate of drug-likeness (QED) is 0.645. The molecule has 0 aliphatic rings. The molecule has 1 aromatic carbocycles. The molecule has 112 valence electrons. The number of esters is 1. The van der Waals surface area contributed by atoms with Crippen LogP contribution in [0.3, 0.4) is 0 Å². The van der Waals surface area contributed by atoms with Crippen LogP contribution in [0.2, 0.25) is 0 Å². The van der Waals surface area contributed by atoms with Gasteiger partial charge in [0.1, 0.15) is 0 Å². The Labute approximate surface area is 136 Å². The number of carbonyl (C=O) groups excluding carboxylic acids is 1. The van der Waals surface area contributed by atoms with E-state index in [0.29, 0.717) is 15.7 Å². The second-order valence-corrected chi connectivity index (χ2v) is 6.01. The highest BCUT2D eigenvalue weighted by Gasteiger charge is 2.19. The van der Waals surface area contributed by atoms with Crippen molar-refractivity contribution in [1.82, 2.24) is 9.38 Å². The van der Waals surface area contributed by atoms with Crippen molar-refractivity contribution in [1.29, 1.82) is 0 Å². The van der Waals surface area contributed by atoms with Crippen LogP contribution in [0.1, 0.15) is 21.5 Å². The number of halogens is 1. The molecule has 3 aromatic rings. The predicted molar refractivity (Wildman–Crippen MR) is 89.1 cm³/mol. The number of aromatic nitrogens is 2. The first-order valence-electron chi connectivity index (χ1n) is 6.84. The lowest BCUT2D eigenvalue weighted by atomic mass is 10.1. The number of hydrogen-bond acceptors (Lipinski definition) is 3. The van der Waals surface area contributed by atoms with Crippen molar-refractivity contribution in [2.75, 3.05) is 7.11 Å². The zero-order chi connectivity index (χ0) is 15.9. The monoisotopic (exact) mass is 358 g/mol. The molecule has 2 heterocycles. The highest BCUT2D eigenvalue weighted by Crippen LogP contribution is 2.29. The Balaban J connectivity index is 2.22. The van der Waals surface area contributed by atoms with Crippen molar-refractivity contribution in [3.63, 3.8) is 0 Å². The third-order valence-corrected chi connectivity index (χ3v) is 4.33. The molecule has 4 nitrogen and oxygen atoms in total. The molecule has 22 heavy (non-hydrogen) atoms. The summed E-state index contributed by atoms with van der Waals surface area (Å²) in [6, 6.07) is 8.17. The molecule has 0 saturated carbocycles. The van der Waals surface area contributed by atoms with Crippen LogP contribution in [-0.4, -0.2) is 22.5 Å². The minimum atomic E-state index is -0.369. The molecule has 0 N–H and O–H groups in total. The molecular formula is C17H15BrN2O2. The summed E-state index contributed by atoms with van der Waals surface area (Å²) in [5, 5.41) is 0. The molecule has 0 radical (unpaired) electrons. The van der Waals surface area contributed by atoms with E-state index in [2.05, 4.69) is 40.0 Å². The van der Waals surface area contributed by atoms with Gasteiger partial charge in [-0.15, -0.1) is 0 Å². The van der Waals surface area contributed by atoms with E-state index in [-0.39, 0.29) is 5.97 Å². The van der Waals surface area contributed by atoms with Crippen LogP contribution < -0.4 is 0 Å². The summed E-state index contributed by atoms with van der Waals surface area (Å²) >= 11 is 3.49. The van der Waals surface area contributed by atoms with Crippen LogP contribution in [-0.2, 0) is 4.74 Å². The number of aryl methyl sites for hydroxylation is 2. The Morgan fingerprint density at radius 2 is 2.05 bits per heavy atom. The average molecular weight is 359 g/mol. The maximum Gasteiger partial charge on any atom is 0.339 e. The van der Waals surface area contributed by atoms with Crippen LogP contribution in [0.25, 0.3) is 16.9 Å². The summed E-state index contributed by atoms with van der Waals surface area (Å²) in [5.41, 5.74) is 5.14. The Morgan fingerprint density at radius 3 is 2.73 bits per heavy atom. The van der Waals surface area contributed by atoms with Gasteiger partial charge in [0.05, 0.1) is 22.8 Å². The molecule has 0 fully saturated rings. The molecule has 0 aliphatic carbocycles. The second kappa shape index (κ2) is 5.57. The Hall–Kier alpha value is -2.14. The summed E-state index contributed by atoms with van der Waals surface area (Å²) < 4.78 is 7.42. The van der Waals surface area contributed by atoms with Gasteiger partial charge >= 0.3 is 5.97 Å². The van der Waals surface area contributed by atoms with Crippen LogP contribution >= 0.6 is 15.9 Å². The molecule has 0 amide bonds. The van der Waals surface area contributed by atoms with Crippen molar-refractivity contribution >= 4 is 27.5 Å². The lowest BCUT2D eigenvalue weighted by Crippen LogP contribution is -2.07. The average Bonchev–Trinajstić information content (AvgIpc) is 2.91. The Kier molecular flexibility index (Phi) is 3.74. The van der Waals surface area contributed by atoms with Gasteiger partial charge in [-0.2, -0.15) is 0 Å². The molecule has 0 aliphatic heterocycles. The van der Waals surface area contributed by atoms with E-state index in [1.165, 1.54) is 12.7 Å². The Bertz CT molecular complexity index is 884.